The third-order valence-electron chi connectivity index (χ3n) is 7.11. The van der Waals surface area contributed by atoms with Gasteiger partial charge in [0.15, 0.2) is 0 Å². The summed E-state index contributed by atoms with van der Waals surface area (Å²) >= 11 is 6.60. The van der Waals surface area contributed by atoms with Crippen molar-refractivity contribution in [3.8, 4) is 0 Å². The van der Waals surface area contributed by atoms with Crippen molar-refractivity contribution in [1.82, 2.24) is 20.1 Å². The van der Waals surface area contributed by atoms with Crippen LogP contribution in [0.3, 0.4) is 0 Å². The monoisotopic (exact) mass is 579 g/mol. The number of benzene rings is 1. The van der Waals surface area contributed by atoms with E-state index in [-0.39, 0.29) is 30.8 Å². The van der Waals surface area contributed by atoms with E-state index in [0.717, 1.165) is 33.5 Å². The summed E-state index contributed by atoms with van der Waals surface area (Å²) in [6.07, 6.45) is 6.88. The number of ether oxygens (including phenoxy) is 2. The van der Waals surface area contributed by atoms with Crippen molar-refractivity contribution in [2.45, 2.75) is 45.9 Å². The van der Waals surface area contributed by atoms with E-state index in [9.17, 15) is 9.59 Å². The molecule has 9 nitrogen and oxygen atoms in total. The number of carbonyl (C=O) groups excluding carboxylic acids is 2. The van der Waals surface area contributed by atoms with Crippen LogP contribution in [0.25, 0.3) is 11.6 Å². The first kappa shape index (κ1) is 30.4. The summed E-state index contributed by atoms with van der Waals surface area (Å²) in [7, 11) is 1.49. The lowest BCUT2D eigenvalue weighted by atomic mass is 9.88. The highest BCUT2D eigenvalue weighted by molar-refractivity contribution is 6.30. The highest BCUT2D eigenvalue weighted by Gasteiger charge is 2.35. The van der Waals surface area contributed by atoms with Crippen LogP contribution in [0.5, 0.6) is 0 Å². The number of aliphatic imine (C=N–C) groups is 1. The predicted molar refractivity (Wildman–Crippen MR) is 162 cm³/mol. The van der Waals surface area contributed by atoms with Crippen molar-refractivity contribution < 1.29 is 19.1 Å². The Bertz CT molecular complexity index is 1350. The molecular weight excluding hydrogens is 542 g/mol. The minimum Gasteiger partial charge on any atom is -0.447 e. The Kier molecular flexibility index (Phi) is 10.3. The molecule has 1 aliphatic heterocycles. The van der Waals surface area contributed by atoms with Gasteiger partial charge in [-0.1, -0.05) is 23.7 Å². The molecule has 2 aliphatic rings. The minimum absolute atomic E-state index is 0.0687. The van der Waals surface area contributed by atoms with Gasteiger partial charge in [0.2, 0.25) is 5.91 Å². The van der Waals surface area contributed by atoms with Gasteiger partial charge in [0.05, 0.1) is 23.9 Å². The van der Waals surface area contributed by atoms with E-state index in [4.69, 9.17) is 26.1 Å². The van der Waals surface area contributed by atoms with Gasteiger partial charge >= 0.3 is 6.09 Å². The molecule has 0 saturated carbocycles. The number of halogens is 1. The van der Waals surface area contributed by atoms with Crippen LogP contribution >= 0.6 is 11.6 Å². The fourth-order valence-corrected chi connectivity index (χ4v) is 5.45. The molecule has 1 aliphatic carbocycles. The van der Waals surface area contributed by atoms with Crippen LogP contribution in [0.1, 0.15) is 56.1 Å². The zero-order chi connectivity index (χ0) is 29.5. The van der Waals surface area contributed by atoms with Gasteiger partial charge in [0, 0.05) is 56.9 Å². The van der Waals surface area contributed by atoms with Gasteiger partial charge in [0.1, 0.15) is 6.61 Å². The number of nitrogens with one attached hydrogen (secondary N) is 1. The van der Waals surface area contributed by atoms with E-state index in [1.807, 2.05) is 58.0 Å². The first-order valence-electron chi connectivity index (χ1n) is 13.8. The number of nitrogens with zero attached hydrogens (tertiary/aromatic N) is 4. The van der Waals surface area contributed by atoms with Crippen LogP contribution < -0.4 is 5.32 Å². The van der Waals surface area contributed by atoms with Crippen molar-refractivity contribution >= 4 is 41.5 Å². The standard InChI is InChI=1S/C31H38ClN5O4/c1-6-33-18-21(4)28(35-27(38)19-40-5)26-16-22-8-7-11-34-29(22)30(24-10-9-23(32)17-25(24)26)36-12-14-37(15-13-36)31(39)41-20(2)3/h6-11,16-18,20,28,30H,12-15,19H2,1-5H3,(H,35,38)/b21-18+,33-6?/t28?,30-/m0/s1. The van der Waals surface area contributed by atoms with Crippen molar-refractivity contribution in [2.75, 3.05) is 39.9 Å². The van der Waals surface area contributed by atoms with Crippen molar-refractivity contribution in [1.29, 1.82) is 0 Å². The Hall–Kier alpha value is -3.53. The molecule has 1 aromatic carbocycles. The molecule has 2 heterocycles. The maximum Gasteiger partial charge on any atom is 0.410 e. The zero-order valence-corrected chi connectivity index (χ0v) is 25.0. The molecule has 1 N–H and O–H groups in total. The summed E-state index contributed by atoms with van der Waals surface area (Å²) in [5.74, 6) is -0.244. The molecule has 0 radical (unpaired) electrons. The van der Waals surface area contributed by atoms with E-state index in [1.165, 1.54) is 7.11 Å². The molecule has 0 spiro atoms. The summed E-state index contributed by atoms with van der Waals surface area (Å²) in [5.41, 5.74) is 5.51. The van der Waals surface area contributed by atoms with Gasteiger partial charge in [-0.15, -0.1) is 0 Å². The van der Waals surface area contributed by atoms with Crippen LogP contribution in [0.2, 0.25) is 5.02 Å². The fraction of sp³-hybridized carbons (Fsp3) is 0.419. The Morgan fingerprint density at radius 1 is 1.22 bits per heavy atom. The van der Waals surface area contributed by atoms with Crippen LogP contribution in [0.4, 0.5) is 4.79 Å². The number of aromatic nitrogens is 1. The van der Waals surface area contributed by atoms with E-state index < -0.39 is 6.04 Å². The Morgan fingerprint density at radius 2 is 1.98 bits per heavy atom. The first-order chi connectivity index (χ1) is 19.7. The molecule has 2 aromatic rings. The topological polar surface area (TPSA) is 96.4 Å². The number of pyridine rings is 1. The molecule has 1 fully saturated rings. The molecule has 1 aromatic heterocycles. The summed E-state index contributed by atoms with van der Waals surface area (Å²) in [5, 5.41) is 3.72. The predicted octanol–water partition coefficient (Wildman–Crippen LogP) is 4.97. The summed E-state index contributed by atoms with van der Waals surface area (Å²) < 4.78 is 10.5. The third-order valence-corrected chi connectivity index (χ3v) is 7.35. The maximum absolute atomic E-state index is 12.8. The van der Waals surface area contributed by atoms with E-state index >= 15 is 0 Å². The van der Waals surface area contributed by atoms with Crippen LogP contribution in [-0.2, 0) is 14.3 Å². The molecule has 2 atom stereocenters. The number of carbonyl (C=O) groups is 2. The second-order valence-corrected chi connectivity index (χ2v) is 10.8. The number of piperazine rings is 1. The van der Waals surface area contributed by atoms with Crippen LogP contribution in [0.15, 0.2) is 53.3 Å². The maximum atomic E-state index is 12.8. The molecule has 1 saturated heterocycles. The molecule has 4 rings (SSSR count). The lowest BCUT2D eigenvalue weighted by molar-refractivity contribution is -0.124. The van der Waals surface area contributed by atoms with Crippen LogP contribution in [-0.4, -0.2) is 85.0 Å². The Labute approximate surface area is 246 Å². The van der Waals surface area contributed by atoms with E-state index in [0.29, 0.717) is 31.2 Å². The first-order valence-corrected chi connectivity index (χ1v) is 14.2. The number of fused-ring (bicyclic) bond motifs is 2. The summed E-state index contributed by atoms with van der Waals surface area (Å²) in [6, 6.07) is 9.14. The third kappa shape index (κ3) is 7.22. The molecule has 218 valence electrons. The lowest BCUT2D eigenvalue weighted by Crippen LogP contribution is -2.50. The van der Waals surface area contributed by atoms with Gasteiger partial charge < -0.3 is 19.7 Å². The molecular formula is C31H38ClN5O4. The summed E-state index contributed by atoms with van der Waals surface area (Å²) in [4.78, 5) is 38.7. The Morgan fingerprint density at radius 3 is 2.66 bits per heavy atom. The minimum atomic E-state index is -0.493. The lowest BCUT2D eigenvalue weighted by Gasteiger charge is -2.39. The van der Waals surface area contributed by atoms with Gasteiger partial charge in [-0.05, 0) is 79.8 Å². The van der Waals surface area contributed by atoms with Gasteiger partial charge in [0.25, 0.3) is 0 Å². The molecule has 0 bridgehead atoms. The fourth-order valence-electron chi connectivity index (χ4n) is 5.27. The number of methoxy groups -OCH3 is 1. The molecule has 1 unspecified atom stereocenters. The molecule has 41 heavy (non-hydrogen) atoms. The molecule has 10 heteroatoms. The second-order valence-electron chi connectivity index (χ2n) is 10.4. The highest BCUT2D eigenvalue weighted by atomic mass is 35.5. The summed E-state index contributed by atoms with van der Waals surface area (Å²) in [6.45, 7) is 9.79. The zero-order valence-electron chi connectivity index (χ0n) is 24.3. The van der Waals surface area contributed by atoms with Gasteiger partial charge in [-0.25, -0.2) is 4.79 Å². The normalized spacial score (nSPS) is 18.4. The number of amides is 2. The Balaban J connectivity index is 1.80. The van der Waals surface area contributed by atoms with Crippen molar-refractivity contribution in [3.63, 3.8) is 0 Å². The highest BCUT2D eigenvalue weighted by Crippen LogP contribution is 2.42. The largest absolute Gasteiger partial charge is 0.447 e. The number of rotatable bonds is 8. The quantitative estimate of drug-likeness (QED) is 0.444. The molecule has 2 amide bonds. The smallest absolute Gasteiger partial charge is 0.410 e. The average Bonchev–Trinajstić information content (AvgIpc) is 3.09. The number of hydrogen-bond donors (Lipinski definition) is 1. The van der Waals surface area contributed by atoms with E-state index in [1.54, 1.807) is 23.5 Å². The average molecular weight is 580 g/mol. The number of hydrogen-bond acceptors (Lipinski definition) is 7. The van der Waals surface area contributed by atoms with Gasteiger partial charge in [-0.2, -0.15) is 0 Å². The van der Waals surface area contributed by atoms with E-state index in [2.05, 4.69) is 21.3 Å². The SMILES string of the molecule is CC=N/C=C(\C)C(NC(=O)COC)C1=Cc2cccnc2[C@@H](N2CCN(C(=O)OC(C)C)CC2)c2ccc(Cl)cc21. The van der Waals surface area contributed by atoms with Crippen LogP contribution in [0, 0.1) is 0 Å². The second kappa shape index (κ2) is 13.9. The van der Waals surface area contributed by atoms with Crippen molar-refractivity contribution in [2.24, 2.45) is 4.99 Å². The van der Waals surface area contributed by atoms with Crippen molar-refractivity contribution in [3.05, 3.63) is 75.7 Å². The van der Waals surface area contributed by atoms with Gasteiger partial charge in [-0.3, -0.25) is 19.7 Å².